The standard InChI is InChI=1S/C24H16Cl2N2O4/c25-17-4-2-1-3-14(17)11-29-19-6-5-13(7-18(19)26)23-15-8-21-22(31-12-30-21)9-20(15)32-24(28)16(23)10-27/h1-9,23H,11-12,28H2/t23-/m0/s1. The van der Waals surface area contributed by atoms with E-state index in [4.69, 9.17) is 47.9 Å². The summed E-state index contributed by atoms with van der Waals surface area (Å²) in [5.74, 6) is 1.72. The van der Waals surface area contributed by atoms with Crippen molar-refractivity contribution in [3.63, 3.8) is 0 Å². The van der Waals surface area contributed by atoms with Gasteiger partial charge < -0.3 is 24.7 Å². The van der Waals surface area contributed by atoms with E-state index in [9.17, 15) is 5.26 Å². The summed E-state index contributed by atoms with van der Waals surface area (Å²) >= 11 is 12.7. The first kappa shape index (κ1) is 20.4. The summed E-state index contributed by atoms with van der Waals surface area (Å²) in [7, 11) is 0. The molecule has 8 heteroatoms. The van der Waals surface area contributed by atoms with Crippen LogP contribution in [-0.2, 0) is 6.61 Å². The third-order valence-electron chi connectivity index (χ3n) is 5.34. The Morgan fingerprint density at radius 1 is 1.00 bits per heavy atom. The Hall–Kier alpha value is -3.53. The van der Waals surface area contributed by atoms with Crippen LogP contribution in [0.4, 0.5) is 0 Å². The molecular formula is C24H16Cl2N2O4. The highest BCUT2D eigenvalue weighted by Crippen LogP contribution is 2.48. The van der Waals surface area contributed by atoms with Crippen LogP contribution in [0.5, 0.6) is 23.0 Å². The molecule has 32 heavy (non-hydrogen) atoms. The molecule has 0 fully saturated rings. The van der Waals surface area contributed by atoms with Gasteiger partial charge >= 0.3 is 0 Å². The molecule has 3 aromatic carbocycles. The van der Waals surface area contributed by atoms with E-state index in [2.05, 4.69) is 6.07 Å². The highest BCUT2D eigenvalue weighted by Gasteiger charge is 2.33. The van der Waals surface area contributed by atoms with Gasteiger partial charge in [0.2, 0.25) is 12.7 Å². The van der Waals surface area contributed by atoms with Crippen molar-refractivity contribution >= 4 is 23.2 Å². The number of fused-ring (bicyclic) bond motifs is 2. The van der Waals surface area contributed by atoms with Gasteiger partial charge in [0.1, 0.15) is 29.7 Å². The summed E-state index contributed by atoms with van der Waals surface area (Å²) in [6.45, 7) is 0.402. The Morgan fingerprint density at radius 2 is 1.78 bits per heavy atom. The topological polar surface area (TPSA) is 86.7 Å². The van der Waals surface area contributed by atoms with E-state index in [-0.39, 0.29) is 24.9 Å². The van der Waals surface area contributed by atoms with Gasteiger partial charge in [0.15, 0.2) is 11.5 Å². The molecule has 160 valence electrons. The van der Waals surface area contributed by atoms with Crippen LogP contribution in [-0.4, -0.2) is 6.79 Å². The molecule has 2 heterocycles. The molecule has 0 radical (unpaired) electrons. The number of ether oxygens (including phenoxy) is 4. The fourth-order valence-corrected chi connectivity index (χ4v) is 4.21. The fraction of sp³-hybridized carbons (Fsp3) is 0.125. The summed E-state index contributed by atoms with van der Waals surface area (Å²) in [4.78, 5) is 0. The number of nitriles is 1. The third-order valence-corrected chi connectivity index (χ3v) is 6.00. The monoisotopic (exact) mass is 466 g/mol. The number of hydrogen-bond donors (Lipinski definition) is 1. The second-order valence-corrected chi connectivity index (χ2v) is 8.05. The van der Waals surface area contributed by atoms with Gasteiger partial charge in [-0.1, -0.05) is 47.5 Å². The lowest BCUT2D eigenvalue weighted by molar-refractivity contribution is 0.174. The lowest BCUT2D eigenvalue weighted by Gasteiger charge is -2.27. The molecule has 0 bridgehead atoms. The second kappa shape index (κ2) is 8.19. The van der Waals surface area contributed by atoms with E-state index in [0.29, 0.717) is 33.0 Å². The molecule has 0 unspecified atom stereocenters. The molecule has 0 aliphatic carbocycles. The normalized spacial score (nSPS) is 16.2. The zero-order valence-corrected chi connectivity index (χ0v) is 18.1. The lowest BCUT2D eigenvalue weighted by Crippen LogP contribution is -2.21. The molecule has 0 saturated carbocycles. The van der Waals surface area contributed by atoms with Gasteiger partial charge in [0.25, 0.3) is 0 Å². The van der Waals surface area contributed by atoms with Crippen molar-refractivity contribution in [1.29, 1.82) is 5.26 Å². The van der Waals surface area contributed by atoms with Gasteiger partial charge in [-0.25, -0.2) is 0 Å². The molecule has 2 aliphatic heterocycles. The zero-order valence-electron chi connectivity index (χ0n) is 16.6. The van der Waals surface area contributed by atoms with Crippen molar-refractivity contribution in [2.24, 2.45) is 5.73 Å². The van der Waals surface area contributed by atoms with Crippen LogP contribution in [0, 0.1) is 11.3 Å². The van der Waals surface area contributed by atoms with Gasteiger partial charge in [-0.05, 0) is 29.8 Å². The average molecular weight is 467 g/mol. The molecule has 1 atom stereocenters. The maximum absolute atomic E-state index is 9.78. The highest BCUT2D eigenvalue weighted by molar-refractivity contribution is 6.32. The molecule has 0 aromatic heterocycles. The summed E-state index contributed by atoms with van der Waals surface area (Å²) in [6, 6.07) is 18.5. The minimum atomic E-state index is -0.478. The van der Waals surface area contributed by atoms with Crippen molar-refractivity contribution in [2.45, 2.75) is 12.5 Å². The molecular weight excluding hydrogens is 451 g/mol. The SMILES string of the molecule is N#CC1=C(N)Oc2cc3c(cc2[C@@H]1c1ccc(OCc2ccccc2Cl)c(Cl)c1)OCO3. The van der Waals surface area contributed by atoms with Gasteiger partial charge in [0.05, 0.1) is 10.9 Å². The molecule has 6 nitrogen and oxygen atoms in total. The largest absolute Gasteiger partial charge is 0.487 e. The number of halogens is 2. The van der Waals surface area contributed by atoms with Gasteiger partial charge in [0, 0.05) is 22.2 Å². The highest BCUT2D eigenvalue weighted by atomic mass is 35.5. The number of nitrogens with zero attached hydrogens (tertiary/aromatic N) is 1. The smallest absolute Gasteiger partial charge is 0.231 e. The molecule has 0 amide bonds. The number of nitrogens with two attached hydrogens (primary N) is 1. The second-order valence-electron chi connectivity index (χ2n) is 7.24. The van der Waals surface area contributed by atoms with Crippen molar-refractivity contribution in [3.05, 3.63) is 92.8 Å². The van der Waals surface area contributed by atoms with Crippen LogP contribution >= 0.6 is 23.2 Å². The molecule has 0 saturated heterocycles. The Labute approximate surface area is 194 Å². The molecule has 0 spiro atoms. The number of allylic oxidation sites excluding steroid dienone is 1. The maximum Gasteiger partial charge on any atom is 0.231 e. The summed E-state index contributed by atoms with van der Waals surface area (Å²) in [5.41, 5.74) is 8.71. The van der Waals surface area contributed by atoms with Crippen LogP contribution in [0.3, 0.4) is 0 Å². The Balaban J connectivity index is 1.49. The van der Waals surface area contributed by atoms with E-state index >= 15 is 0 Å². The third kappa shape index (κ3) is 3.56. The van der Waals surface area contributed by atoms with E-state index in [1.807, 2.05) is 30.3 Å². The van der Waals surface area contributed by atoms with Gasteiger partial charge in [-0.15, -0.1) is 0 Å². The minimum Gasteiger partial charge on any atom is -0.487 e. The Morgan fingerprint density at radius 3 is 2.53 bits per heavy atom. The lowest BCUT2D eigenvalue weighted by atomic mass is 9.83. The first-order valence-electron chi connectivity index (χ1n) is 9.72. The van der Waals surface area contributed by atoms with Crippen LogP contribution in [0.15, 0.2) is 66.1 Å². The molecule has 2 N–H and O–H groups in total. The fourth-order valence-electron chi connectivity index (χ4n) is 3.77. The van der Waals surface area contributed by atoms with Crippen molar-refractivity contribution in [1.82, 2.24) is 0 Å². The molecule has 3 aromatic rings. The Bertz CT molecular complexity index is 1300. The van der Waals surface area contributed by atoms with Crippen LogP contribution in [0.1, 0.15) is 22.6 Å². The van der Waals surface area contributed by atoms with Gasteiger partial charge in [-0.2, -0.15) is 5.26 Å². The van der Waals surface area contributed by atoms with Crippen molar-refractivity contribution in [2.75, 3.05) is 6.79 Å². The Kier molecular flexibility index (Phi) is 5.22. The van der Waals surface area contributed by atoms with E-state index in [1.54, 1.807) is 24.3 Å². The van der Waals surface area contributed by atoms with E-state index < -0.39 is 5.92 Å². The van der Waals surface area contributed by atoms with Crippen LogP contribution in [0.2, 0.25) is 10.0 Å². The van der Waals surface area contributed by atoms with Gasteiger partial charge in [-0.3, -0.25) is 0 Å². The average Bonchev–Trinajstić information content (AvgIpc) is 3.24. The predicted octanol–water partition coefficient (Wildman–Crippen LogP) is 5.52. The number of hydrogen-bond acceptors (Lipinski definition) is 6. The molecule has 2 aliphatic rings. The summed E-state index contributed by atoms with van der Waals surface area (Å²) in [6.07, 6.45) is 0. The van der Waals surface area contributed by atoms with Crippen LogP contribution < -0.4 is 24.7 Å². The van der Waals surface area contributed by atoms with Crippen molar-refractivity contribution < 1.29 is 18.9 Å². The summed E-state index contributed by atoms with van der Waals surface area (Å²) < 4.78 is 22.5. The quantitative estimate of drug-likeness (QED) is 0.544. The first-order valence-corrected chi connectivity index (χ1v) is 10.5. The van der Waals surface area contributed by atoms with Crippen LogP contribution in [0.25, 0.3) is 0 Å². The minimum absolute atomic E-state index is 0.0408. The maximum atomic E-state index is 9.78. The summed E-state index contributed by atoms with van der Waals surface area (Å²) in [5, 5.41) is 10.8. The van der Waals surface area contributed by atoms with E-state index in [0.717, 1.165) is 16.7 Å². The molecule has 5 rings (SSSR count). The number of benzene rings is 3. The first-order chi connectivity index (χ1) is 15.5. The van der Waals surface area contributed by atoms with Crippen molar-refractivity contribution in [3.8, 4) is 29.1 Å². The predicted molar refractivity (Wildman–Crippen MR) is 119 cm³/mol. The van der Waals surface area contributed by atoms with E-state index in [1.165, 1.54) is 0 Å². The zero-order chi connectivity index (χ0) is 22.2. The number of rotatable bonds is 4.